The first kappa shape index (κ1) is 16.3. The van der Waals surface area contributed by atoms with Gasteiger partial charge in [-0.25, -0.2) is 0 Å². The van der Waals surface area contributed by atoms with Crippen molar-refractivity contribution in [3.05, 3.63) is 0 Å². The average Bonchev–Trinajstić information content (AvgIpc) is 2.20. The zero-order valence-electron chi connectivity index (χ0n) is 9.95. The fourth-order valence-electron chi connectivity index (χ4n) is 1.35. The molecule has 14 heavy (non-hydrogen) atoms. The highest BCUT2D eigenvalue weighted by molar-refractivity contribution is 4.31. The third kappa shape index (κ3) is 5.54. The van der Waals surface area contributed by atoms with Crippen LogP contribution < -0.4 is 0 Å². The maximum Gasteiger partial charge on any atom is 0.183 e. The zero-order chi connectivity index (χ0) is 10.2. The lowest BCUT2D eigenvalue weighted by molar-refractivity contribution is -0.941. The second kappa shape index (κ2) is 9.40. The monoisotopic (exact) mass is 207 g/mol. The van der Waals surface area contributed by atoms with E-state index in [0.29, 0.717) is 13.2 Å². The first-order valence-electron chi connectivity index (χ1n) is 5.16. The van der Waals surface area contributed by atoms with Crippen LogP contribution in [0, 0.1) is 0 Å². The number of quaternary nitrogens is 1. The first-order chi connectivity index (χ1) is 6.24. The molecule has 0 saturated carbocycles. The minimum Gasteiger partial charge on any atom is -0.870 e. The number of methoxy groups -OCH3 is 1. The largest absolute Gasteiger partial charge is 0.870 e. The molecule has 0 amide bonds. The maximum absolute atomic E-state index is 5.56. The summed E-state index contributed by atoms with van der Waals surface area (Å²) in [6.07, 6.45) is 0. The number of hydrogen-bond acceptors (Lipinski definition) is 3. The molecule has 0 unspecified atom stereocenters. The van der Waals surface area contributed by atoms with Crippen LogP contribution in [0.5, 0.6) is 0 Å². The summed E-state index contributed by atoms with van der Waals surface area (Å²) in [6.45, 7) is 12.3. The molecule has 0 atom stereocenters. The summed E-state index contributed by atoms with van der Waals surface area (Å²) in [5.41, 5.74) is 0. The van der Waals surface area contributed by atoms with Crippen molar-refractivity contribution in [3.63, 3.8) is 0 Å². The topological polar surface area (TPSA) is 48.5 Å². The van der Waals surface area contributed by atoms with Gasteiger partial charge in [0.2, 0.25) is 0 Å². The fourth-order valence-corrected chi connectivity index (χ4v) is 1.35. The van der Waals surface area contributed by atoms with Gasteiger partial charge in [-0.1, -0.05) is 0 Å². The van der Waals surface area contributed by atoms with Crippen LogP contribution in [0.25, 0.3) is 0 Å². The summed E-state index contributed by atoms with van der Waals surface area (Å²) in [4.78, 5) is 0. The standard InChI is InChI=1S/C10H24NO2.H2O/c1-5-11(6-2,7-3)10-13-9-8-12-4;/h5-10H2,1-4H3;1H2/q+1;/p-1. The molecule has 0 rings (SSSR count). The highest BCUT2D eigenvalue weighted by atomic mass is 16.5. The average molecular weight is 207 g/mol. The van der Waals surface area contributed by atoms with E-state index in [1.807, 2.05) is 0 Å². The van der Waals surface area contributed by atoms with Gasteiger partial charge >= 0.3 is 0 Å². The first-order valence-corrected chi connectivity index (χ1v) is 5.16. The van der Waals surface area contributed by atoms with Gasteiger partial charge in [-0.3, -0.25) is 0 Å². The fraction of sp³-hybridized carbons (Fsp3) is 1.00. The van der Waals surface area contributed by atoms with Crippen molar-refractivity contribution in [1.82, 2.24) is 0 Å². The van der Waals surface area contributed by atoms with E-state index in [1.54, 1.807) is 7.11 Å². The molecule has 4 heteroatoms. The quantitative estimate of drug-likeness (QED) is 0.342. The lowest BCUT2D eigenvalue weighted by Crippen LogP contribution is -2.49. The Hall–Kier alpha value is -0.160. The molecule has 0 bridgehead atoms. The smallest absolute Gasteiger partial charge is 0.183 e. The highest BCUT2D eigenvalue weighted by Crippen LogP contribution is 2.05. The molecule has 0 heterocycles. The Labute approximate surface area is 87.7 Å². The predicted molar refractivity (Wildman–Crippen MR) is 56.5 cm³/mol. The Morgan fingerprint density at radius 2 is 1.43 bits per heavy atom. The molecule has 0 fully saturated rings. The second-order valence-corrected chi connectivity index (χ2v) is 3.32. The number of hydrogen-bond donors (Lipinski definition) is 0. The summed E-state index contributed by atoms with van der Waals surface area (Å²) in [5, 5.41) is 0. The van der Waals surface area contributed by atoms with E-state index in [4.69, 9.17) is 9.47 Å². The van der Waals surface area contributed by atoms with Crippen LogP contribution in [-0.4, -0.2) is 56.6 Å². The van der Waals surface area contributed by atoms with Crippen LogP contribution in [0.3, 0.4) is 0 Å². The van der Waals surface area contributed by atoms with Crippen molar-refractivity contribution >= 4 is 0 Å². The Kier molecular flexibility index (Phi) is 10.9. The van der Waals surface area contributed by atoms with Gasteiger partial charge in [-0.2, -0.15) is 0 Å². The van der Waals surface area contributed by atoms with Gasteiger partial charge < -0.3 is 19.4 Å². The SMILES string of the molecule is CC[N+](CC)(CC)COCCOC.[OH-]. The molecule has 0 aliphatic rings. The van der Waals surface area contributed by atoms with Crippen molar-refractivity contribution in [2.24, 2.45) is 0 Å². The van der Waals surface area contributed by atoms with Crippen LogP contribution in [0.15, 0.2) is 0 Å². The normalized spacial score (nSPS) is 11.1. The van der Waals surface area contributed by atoms with E-state index in [1.165, 1.54) is 0 Å². The van der Waals surface area contributed by atoms with Crippen LogP contribution in [0.1, 0.15) is 20.8 Å². The van der Waals surface area contributed by atoms with E-state index < -0.39 is 0 Å². The van der Waals surface area contributed by atoms with Crippen molar-refractivity contribution in [2.45, 2.75) is 20.8 Å². The molecular weight excluding hydrogens is 182 g/mol. The Morgan fingerprint density at radius 1 is 0.929 bits per heavy atom. The summed E-state index contributed by atoms with van der Waals surface area (Å²) in [6, 6.07) is 0. The summed E-state index contributed by atoms with van der Waals surface area (Å²) >= 11 is 0. The summed E-state index contributed by atoms with van der Waals surface area (Å²) < 4.78 is 11.5. The summed E-state index contributed by atoms with van der Waals surface area (Å²) in [5.74, 6) is 0. The number of rotatable bonds is 8. The van der Waals surface area contributed by atoms with Crippen molar-refractivity contribution in [1.29, 1.82) is 0 Å². The second-order valence-electron chi connectivity index (χ2n) is 3.32. The van der Waals surface area contributed by atoms with E-state index in [2.05, 4.69) is 20.8 Å². The van der Waals surface area contributed by atoms with Crippen molar-refractivity contribution < 1.29 is 19.4 Å². The molecule has 1 N–H and O–H groups in total. The summed E-state index contributed by atoms with van der Waals surface area (Å²) in [7, 11) is 1.70. The molecule has 0 aliphatic heterocycles. The lowest BCUT2D eigenvalue weighted by atomic mass is 10.4. The Morgan fingerprint density at radius 3 is 1.79 bits per heavy atom. The van der Waals surface area contributed by atoms with Crippen molar-refractivity contribution in [2.75, 3.05) is 46.7 Å². The maximum atomic E-state index is 5.56. The molecule has 0 aliphatic carbocycles. The van der Waals surface area contributed by atoms with Gasteiger partial charge in [0.15, 0.2) is 6.73 Å². The predicted octanol–water partition coefficient (Wildman–Crippen LogP) is 1.31. The highest BCUT2D eigenvalue weighted by Gasteiger charge is 2.19. The van der Waals surface area contributed by atoms with E-state index in [0.717, 1.165) is 30.8 Å². The molecule has 0 radical (unpaired) electrons. The molecule has 0 aromatic carbocycles. The number of nitrogens with zero attached hydrogens (tertiary/aromatic N) is 1. The van der Waals surface area contributed by atoms with E-state index in [-0.39, 0.29) is 5.48 Å². The van der Waals surface area contributed by atoms with E-state index in [9.17, 15) is 0 Å². The minimum absolute atomic E-state index is 0. The van der Waals surface area contributed by atoms with Crippen molar-refractivity contribution in [3.8, 4) is 0 Å². The molecule has 0 aromatic rings. The Bertz CT molecular complexity index is 108. The van der Waals surface area contributed by atoms with Crippen LogP contribution in [0.4, 0.5) is 0 Å². The van der Waals surface area contributed by atoms with Gasteiger partial charge in [0.1, 0.15) is 0 Å². The minimum atomic E-state index is 0. The molecule has 88 valence electrons. The van der Waals surface area contributed by atoms with Gasteiger partial charge in [-0.15, -0.1) is 0 Å². The lowest BCUT2D eigenvalue weighted by Gasteiger charge is -2.34. The third-order valence-electron chi connectivity index (χ3n) is 2.81. The van der Waals surface area contributed by atoms with Crippen LogP contribution in [-0.2, 0) is 9.47 Å². The van der Waals surface area contributed by atoms with Crippen LogP contribution >= 0.6 is 0 Å². The van der Waals surface area contributed by atoms with Crippen LogP contribution in [0.2, 0.25) is 0 Å². The number of ether oxygens (including phenoxy) is 2. The molecular formula is C10H25NO3. The van der Waals surface area contributed by atoms with Gasteiger partial charge in [0.25, 0.3) is 0 Å². The third-order valence-corrected chi connectivity index (χ3v) is 2.81. The Balaban J connectivity index is 0. The van der Waals surface area contributed by atoms with Gasteiger partial charge in [0, 0.05) is 7.11 Å². The molecule has 0 spiro atoms. The van der Waals surface area contributed by atoms with Gasteiger partial charge in [-0.05, 0) is 20.8 Å². The van der Waals surface area contributed by atoms with E-state index >= 15 is 0 Å². The van der Waals surface area contributed by atoms with Gasteiger partial charge in [0.05, 0.1) is 32.8 Å². The molecule has 0 saturated heterocycles. The molecule has 4 nitrogen and oxygen atoms in total. The molecule has 0 aromatic heterocycles. The zero-order valence-corrected chi connectivity index (χ0v) is 9.95.